The first-order valence-corrected chi connectivity index (χ1v) is 6.56. The monoisotopic (exact) mass is 307 g/mol. The first-order valence-electron chi connectivity index (χ1n) is 4.22. The van der Waals surface area contributed by atoms with Gasteiger partial charge in [-0.1, -0.05) is 0 Å². The summed E-state index contributed by atoms with van der Waals surface area (Å²) < 4.78 is 22.8. The molecule has 3 N–H and O–H groups in total. The number of aromatic carboxylic acids is 1. The maximum absolute atomic E-state index is 11.3. The van der Waals surface area contributed by atoms with E-state index in [-0.39, 0.29) is 14.9 Å². The molecule has 1 rings (SSSR count). The van der Waals surface area contributed by atoms with Crippen molar-refractivity contribution in [2.24, 2.45) is 5.14 Å². The Morgan fingerprint density at radius 1 is 1.44 bits per heavy atom. The first kappa shape index (κ1) is 13.1. The molecular formula is C9H10BrNO4S. The van der Waals surface area contributed by atoms with Crippen LogP contribution in [0.1, 0.15) is 21.5 Å². The molecule has 0 heterocycles. The van der Waals surface area contributed by atoms with Gasteiger partial charge in [0.1, 0.15) is 4.90 Å². The quantitative estimate of drug-likeness (QED) is 0.863. The Balaban J connectivity index is 3.86. The maximum Gasteiger partial charge on any atom is 0.337 e. The van der Waals surface area contributed by atoms with E-state index in [4.69, 9.17) is 10.2 Å². The Morgan fingerprint density at radius 2 is 1.94 bits per heavy atom. The predicted octanol–water partition coefficient (Wildman–Crippen LogP) is 1.41. The van der Waals surface area contributed by atoms with Crippen LogP contribution in [0.4, 0.5) is 0 Å². The van der Waals surface area contributed by atoms with Crippen molar-refractivity contribution in [3.63, 3.8) is 0 Å². The molecule has 0 aliphatic carbocycles. The van der Waals surface area contributed by atoms with E-state index in [1.165, 1.54) is 6.07 Å². The number of carboxylic acid groups (broad SMARTS) is 1. The molecule has 16 heavy (non-hydrogen) atoms. The van der Waals surface area contributed by atoms with Gasteiger partial charge in [0.25, 0.3) is 0 Å². The van der Waals surface area contributed by atoms with E-state index >= 15 is 0 Å². The molecule has 88 valence electrons. The second-order valence-corrected chi connectivity index (χ2v) is 5.71. The standard InChI is InChI=1S/C9H10BrNO4S/c1-4-3-6(10)8(16(11,14)15)7(5(4)2)9(12)13/h3H,1-2H3,(H,12,13)(H2,11,14,15). The predicted molar refractivity (Wildman–Crippen MR) is 61.9 cm³/mol. The zero-order valence-electron chi connectivity index (χ0n) is 8.61. The molecule has 0 aliphatic rings. The Bertz CT molecular complexity index is 565. The SMILES string of the molecule is Cc1cc(Br)c(S(N)(=O)=O)c(C(=O)O)c1C. The minimum atomic E-state index is -4.08. The largest absolute Gasteiger partial charge is 0.478 e. The molecule has 1 aromatic carbocycles. The highest BCUT2D eigenvalue weighted by Gasteiger charge is 2.25. The molecular weight excluding hydrogens is 298 g/mol. The lowest BCUT2D eigenvalue weighted by Gasteiger charge is -2.11. The van der Waals surface area contributed by atoms with Crippen LogP contribution in [0.5, 0.6) is 0 Å². The molecule has 0 saturated heterocycles. The topological polar surface area (TPSA) is 97.5 Å². The average molecular weight is 308 g/mol. The van der Waals surface area contributed by atoms with Crippen LogP contribution in [-0.2, 0) is 10.0 Å². The summed E-state index contributed by atoms with van der Waals surface area (Å²) in [4.78, 5) is 10.7. The lowest BCUT2D eigenvalue weighted by atomic mass is 10.0. The number of halogens is 1. The van der Waals surface area contributed by atoms with Gasteiger partial charge in [-0.05, 0) is 47.0 Å². The fourth-order valence-corrected chi connectivity index (χ4v) is 3.46. The molecule has 0 spiro atoms. The number of benzene rings is 1. The highest BCUT2D eigenvalue weighted by molar-refractivity contribution is 9.10. The van der Waals surface area contributed by atoms with Gasteiger partial charge in [-0.2, -0.15) is 0 Å². The van der Waals surface area contributed by atoms with E-state index < -0.39 is 16.0 Å². The summed E-state index contributed by atoms with van der Waals surface area (Å²) >= 11 is 3.01. The number of hydrogen-bond donors (Lipinski definition) is 2. The van der Waals surface area contributed by atoms with Gasteiger partial charge in [-0.25, -0.2) is 18.4 Å². The van der Waals surface area contributed by atoms with Crippen LogP contribution in [0.3, 0.4) is 0 Å². The van der Waals surface area contributed by atoms with Crippen LogP contribution in [0, 0.1) is 13.8 Å². The zero-order chi connectivity index (χ0) is 12.7. The van der Waals surface area contributed by atoms with Crippen molar-refractivity contribution in [2.75, 3.05) is 0 Å². The molecule has 0 bridgehead atoms. The fraction of sp³-hybridized carbons (Fsp3) is 0.222. The number of carboxylic acids is 1. The fourth-order valence-electron chi connectivity index (χ4n) is 1.39. The number of carbonyl (C=O) groups is 1. The molecule has 0 aliphatic heterocycles. The Morgan fingerprint density at radius 3 is 2.31 bits per heavy atom. The van der Waals surface area contributed by atoms with Crippen molar-refractivity contribution in [1.82, 2.24) is 0 Å². The molecule has 0 radical (unpaired) electrons. The number of rotatable bonds is 2. The summed E-state index contributed by atoms with van der Waals surface area (Å²) in [5, 5.41) is 14.0. The smallest absolute Gasteiger partial charge is 0.337 e. The van der Waals surface area contributed by atoms with E-state index in [0.717, 1.165) is 0 Å². The van der Waals surface area contributed by atoms with Gasteiger partial charge in [0.2, 0.25) is 10.0 Å². The number of hydrogen-bond acceptors (Lipinski definition) is 3. The third-order valence-corrected chi connectivity index (χ3v) is 4.13. The number of nitrogens with two attached hydrogens (primary N) is 1. The highest BCUT2D eigenvalue weighted by atomic mass is 79.9. The molecule has 5 nitrogen and oxygen atoms in total. The summed E-state index contributed by atoms with van der Waals surface area (Å²) in [5.41, 5.74) is 0.783. The second kappa shape index (κ2) is 4.15. The Labute approximate surface area is 101 Å². The van der Waals surface area contributed by atoms with Crippen molar-refractivity contribution < 1.29 is 18.3 Å². The van der Waals surface area contributed by atoms with Gasteiger partial charge in [0.05, 0.1) is 5.56 Å². The van der Waals surface area contributed by atoms with Crippen LogP contribution >= 0.6 is 15.9 Å². The minimum absolute atomic E-state index is 0.163. The average Bonchev–Trinajstić information content (AvgIpc) is 2.07. The Kier molecular flexibility index (Phi) is 3.41. The number of aryl methyl sites for hydroxylation is 1. The summed E-state index contributed by atoms with van der Waals surface area (Å²) in [6.45, 7) is 3.24. The highest BCUT2D eigenvalue weighted by Crippen LogP contribution is 2.29. The number of sulfonamides is 1. The lowest BCUT2D eigenvalue weighted by Crippen LogP contribution is -2.19. The van der Waals surface area contributed by atoms with E-state index in [9.17, 15) is 13.2 Å². The van der Waals surface area contributed by atoms with Crippen molar-refractivity contribution in [1.29, 1.82) is 0 Å². The molecule has 0 fully saturated rings. The molecule has 0 amide bonds. The van der Waals surface area contributed by atoms with Gasteiger partial charge in [0, 0.05) is 4.47 Å². The summed E-state index contributed by atoms with van der Waals surface area (Å²) in [6.07, 6.45) is 0. The molecule has 1 aromatic rings. The normalized spacial score (nSPS) is 11.5. The summed E-state index contributed by atoms with van der Waals surface area (Å²) in [6, 6.07) is 1.53. The Hall–Kier alpha value is -0.920. The van der Waals surface area contributed by atoms with Crippen molar-refractivity contribution in [3.05, 3.63) is 27.2 Å². The van der Waals surface area contributed by atoms with Gasteiger partial charge in [-0.15, -0.1) is 0 Å². The summed E-state index contributed by atoms with van der Waals surface area (Å²) in [5.74, 6) is -1.31. The maximum atomic E-state index is 11.3. The molecule has 0 unspecified atom stereocenters. The van der Waals surface area contributed by atoms with Crippen LogP contribution in [0.2, 0.25) is 0 Å². The van der Waals surface area contributed by atoms with E-state index in [2.05, 4.69) is 15.9 Å². The van der Waals surface area contributed by atoms with Crippen molar-refractivity contribution in [3.8, 4) is 0 Å². The van der Waals surface area contributed by atoms with Gasteiger partial charge in [-0.3, -0.25) is 0 Å². The molecule has 7 heteroatoms. The first-order chi connectivity index (χ1) is 7.16. The van der Waals surface area contributed by atoms with Crippen LogP contribution in [0.25, 0.3) is 0 Å². The van der Waals surface area contributed by atoms with Crippen molar-refractivity contribution in [2.45, 2.75) is 18.7 Å². The second-order valence-electron chi connectivity index (χ2n) is 3.35. The third kappa shape index (κ3) is 2.26. The van der Waals surface area contributed by atoms with Gasteiger partial charge in [0.15, 0.2) is 0 Å². The molecule has 0 aromatic heterocycles. The third-order valence-electron chi connectivity index (χ3n) is 2.25. The van der Waals surface area contributed by atoms with E-state index in [1.807, 2.05) is 0 Å². The van der Waals surface area contributed by atoms with Gasteiger partial charge < -0.3 is 5.11 Å². The zero-order valence-corrected chi connectivity index (χ0v) is 11.0. The van der Waals surface area contributed by atoms with Crippen LogP contribution in [0.15, 0.2) is 15.4 Å². The van der Waals surface area contributed by atoms with Crippen LogP contribution in [-0.4, -0.2) is 19.5 Å². The van der Waals surface area contributed by atoms with Crippen LogP contribution < -0.4 is 5.14 Å². The molecule has 0 atom stereocenters. The minimum Gasteiger partial charge on any atom is -0.478 e. The van der Waals surface area contributed by atoms with Crippen molar-refractivity contribution >= 4 is 31.9 Å². The van der Waals surface area contributed by atoms with Gasteiger partial charge >= 0.3 is 5.97 Å². The summed E-state index contributed by atoms with van der Waals surface area (Å²) in [7, 11) is -4.08. The number of primary sulfonamides is 1. The van der Waals surface area contributed by atoms with E-state index in [0.29, 0.717) is 11.1 Å². The lowest BCUT2D eigenvalue weighted by molar-refractivity contribution is 0.0691. The molecule has 0 saturated carbocycles. The van der Waals surface area contributed by atoms with E-state index in [1.54, 1.807) is 13.8 Å².